The molecule has 2 fully saturated rings. The Balaban J connectivity index is 1.25. The molecular weight excluding hydrogens is 428 g/mol. The molecule has 0 spiro atoms. The van der Waals surface area contributed by atoms with Crippen molar-refractivity contribution in [3.8, 4) is 0 Å². The normalized spacial score (nSPS) is 20.9. The van der Waals surface area contributed by atoms with E-state index in [0.717, 1.165) is 31.3 Å². The summed E-state index contributed by atoms with van der Waals surface area (Å²) in [5.74, 6) is 0.830. The van der Waals surface area contributed by atoms with Gasteiger partial charge in [0.05, 0.1) is 23.8 Å². The number of carbonyl (C=O) groups excluding carboxylic acids is 1. The number of aryl methyl sites for hydroxylation is 1. The maximum absolute atomic E-state index is 13.1. The number of carbonyl (C=O) groups is 1. The Morgan fingerprint density at radius 3 is 2.85 bits per heavy atom. The van der Waals surface area contributed by atoms with Crippen LogP contribution < -0.4 is 5.56 Å². The monoisotopic (exact) mass is 468 g/mol. The van der Waals surface area contributed by atoms with Crippen LogP contribution >= 0.6 is 0 Å². The van der Waals surface area contributed by atoms with Gasteiger partial charge in [0.15, 0.2) is 0 Å². The highest BCUT2D eigenvalue weighted by Crippen LogP contribution is 2.31. The number of hydrogen-bond acceptors (Lipinski definition) is 5. The number of ether oxygens (including phenoxy) is 1. The molecule has 1 amide bonds. The summed E-state index contributed by atoms with van der Waals surface area (Å²) in [6, 6.07) is 8.10. The maximum Gasteiger partial charge on any atom is 0.261 e. The van der Waals surface area contributed by atoms with E-state index in [1.807, 2.05) is 24.3 Å². The van der Waals surface area contributed by atoms with Gasteiger partial charge in [-0.1, -0.05) is 25.0 Å². The van der Waals surface area contributed by atoms with Gasteiger partial charge >= 0.3 is 0 Å². The van der Waals surface area contributed by atoms with Crippen LogP contribution in [0.4, 0.5) is 0 Å². The zero-order valence-electron chi connectivity index (χ0n) is 20.7. The number of unbranched alkanes of at least 4 members (excludes halogenated alkanes) is 2. The Morgan fingerprint density at radius 1 is 1.12 bits per heavy atom. The second-order valence-corrected chi connectivity index (χ2v) is 9.90. The predicted octanol–water partition coefficient (Wildman–Crippen LogP) is 3.70. The number of rotatable bonds is 11. The summed E-state index contributed by atoms with van der Waals surface area (Å²) in [5.41, 5.74) is 0.747. The van der Waals surface area contributed by atoms with Gasteiger partial charge in [0.1, 0.15) is 0 Å². The van der Waals surface area contributed by atoms with Crippen LogP contribution in [-0.2, 0) is 16.1 Å². The van der Waals surface area contributed by atoms with Crippen LogP contribution in [0.1, 0.15) is 57.8 Å². The Labute approximate surface area is 203 Å². The lowest BCUT2D eigenvalue weighted by Gasteiger charge is -2.45. The van der Waals surface area contributed by atoms with Crippen LogP contribution in [0, 0.1) is 5.92 Å². The van der Waals surface area contributed by atoms with Gasteiger partial charge in [-0.15, -0.1) is 0 Å². The molecule has 2 aromatic rings. The van der Waals surface area contributed by atoms with E-state index >= 15 is 0 Å². The van der Waals surface area contributed by atoms with Crippen molar-refractivity contribution in [2.45, 2.75) is 70.4 Å². The zero-order chi connectivity index (χ0) is 23.8. The molecule has 0 bridgehead atoms. The fourth-order valence-corrected chi connectivity index (χ4v) is 5.75. The maximum atomic E-state index is 13.1. The number of para-hydroxylation sites is 1. The SMILES string of the molecule is COCCN(C[C@@H]1CCCN2CCCC[C@H]12)C(=O)CCCCCn1cnc2ccccc2c1=O. The van der Waals surface area contributed by atoms with Crippen molar-refractivity contribution in [1.29, 1.82) is 0 Å². The van der Waals surface area contributed by atoms with Gasteiger partial charge in [-0.3, -0.25) is 14.2 Å². The van der Waals surface area contributed by atoms with E-state index in [1.165, 1.54) is 45.2 Å². The van der Waals surface area contributed by atoms with E-state index < -0.39 is 0 Å². The molecule has 2 saturated heterocycles. The molecule has 2 aliphatic heterocycles. The van der Waals surface area contributed by atoms with Gasteiger partial charge in [-0.2, -0.15) is 0 Å². The second-order valence-electron chi connectivity index (χ2n) is 9.90. The molecule has 2 aliphatic rings. The number of amides is 1. The van der Waals surface area contributed by atoms with Crippen molar-refractivity contribution in [1.82, 2.24) is 19.4 Å². The third kappa shape index (κ3) is 6.25. The highest BCUT2D eigenvalue weighted by atomic mass is 16.5. The minimum absolute atomic E-state index is 0.0108. The lowest BCUT2D eigenvalue weighted by molar-refractivity contribution is -0.133. The summed E-state index contributed by atoms with van der Waals surface area (Å²) >= 11 is 0. The third-order valence-corrected chi connectivity index (χ3v) is 7.62. The summed E-state index contributed by atoms with van der Waals surface area (Å²) < 4.78 is 7.00. The lowest BCUT2D eigenvalue weighted by atomic mass is 9.83. The van der Waals surface area contributed by atoms with Crippen LogP contribution in [0.3, 0.4) is 0 Å². The van der Waals surface area contributed by atoms with Crippen molar-refractivity contribution in [2.75, 3.05) is 39.9 Å². The Bertz CT molecular complexity index is 989. The molecule has 0 saturated carbocycles. The Kier molecular flexibility index (Phi) is 9.11. The van der Waals surface area contributed by atoms with Gasteiger partial charge in [-0.05, 0) is 69.7 Å². The number of piperidine rings is 2. The predicted molar refractivity (Wildman–Crippen MR) is 135 cm³/mol. The molecule has 7 nitrogen and oxygen atoms in total. The van der Waals surface area contributed by atoms with E-state index in [1.54, 1.807) is 18.0 Å². The van der Waals surface area contributed by atoms with E-state index in [0.29, 0.717) is 43.5 Å². The first-order valence-corrected chi connectivity index (χ1v) is 13.1. The van der Waals surface area contributed by atoms with E-state index in [-0.39, 0.29) is 11.5 Å². The van der Waals surface area contributed by atoms with Crippen LogP contribution in [0.15, 0.2) is 35.4 Å². The molecule has 186 valence electrons. The molecule has 1 aromatic carbocycles. The second kappa shape index (κ2) is 12.5. The molecule has 1 aromatic heterocycles. The fourth-order valence-electron chi connectivity index (χ4n) is 5.75. The zero-order valence-corrected chi connectivity index (χ0v) is 20.7. The summed E-state index contributed by atoms with van der Waals surface area (Å²) in [7, 11) is 1.70. The van der Waals surface area contributed by atoms with Crippen molar-refractivity contribution >= 4 is 16.8 Å². The molecule has 0 aliphatic carbocycles. The van der Waals surface area contributed by atoms with E-state index in [2.05, 4.69) is 14.8 Å². The summed E-state index contributed by atoms with van der Waals surface area (Å²) in [5, 5.41) is 0.660. The standard InChI is InChI=1S/C27H40N4O3/c1-34-19-18-30(20-22-10-9-17-29-15-8-6-13-25(22)29)26(32)14-3-2-7-16-31-21-28-24-12-5-4-11-23(24)27(31)33/h4-5,11-12,21-22,25H,2-3,6-10,13-20H2,1H3/t22-,25+/m0/s1. The molecule has 34 heavy (non-hydrogen) atoms. The quantitative estimate of drug-likeness (QED) is 0.471. The first-order chi connectivity index (χ1) is 16.7. The highest BCUT2D eigenvalue weighted by molar-refractivity contribution is 5.77. The van der Waals surface area contributed by atoms with Crippen LogP contribution in [-0.4, -0.2) is 71.2 Å². The summed E-state index contributed by atoms with van der Waals surface area (Å²) in [6.45, 7) is 5.22. The largest absolute Gasteiger partial charge is 0.383 e. The topological polar surface area (TPSA) is 67.7 Å². The summed E-state index contributed by atoms with van der Waals surface area (Å²) in [6.07, 6.45) is 11.2. The molecule has 0 N–H and O–H groups in total. The molecule has 0 unspecified atom stereocenters. The minimum atomic E-state index is 0.0108. The minimum Gasteiger partial charge on any atom is -0.383 e. The molecule has 7 heteroatoms. The van der Waals surface area contributed by atoms with Gasteiger partial charge in [-0.25, -0.2) is 4.98 Å². The van der Waals surface area contributed by atoms with E-state index in [4.69, 9.17) is 4.74 Å². The molecular formula is C27H40N4O3. The molecule has 2 atom stereocenters. The van der Waals surface area contributed by atoms with Gasteiger partial charge in [0, 0.05) is 39.2 Å². The molecule has 4 rings (SSSR count). The Morgan fingerprint density at radius 2 is 1.97 bits per heavy atom. The Hall–Kier alpha value is -2.25. The third-order valence-electron chi connectivity index (χ3n) is 7.62. The van der Waals surface area contributed by atoms with Crippen molar-refractivity contribution < 1.29 is 9.53 Å². The summed E-state index contributed by atoms with van der Waals surface area (Å²) in [4.78, 5) is 34.9. The first-order valence-electron chi connectivity index (χ1n) is 13.1. The lowest BCUT2D eigenvalue weighted by Crippen LogP contribution is -2.52. The highest BCUT2D eigenvalue weighted by Gasteiger charge is 2.34. The molecule has 0 radical (unpaired) electrons. The number of nitrogens with zero attached hydrogens (tertiary/aromatic N) is 4. The van der Waals surface area contributed by atoms with Crippen molar-refractivity contribution in [2.24, 2.45) is 5.92 Å². The van der Waals surface area contributed by atoms with Crippen LogP contribution in [0.5, 0.6) is 0 Å². The van der Waals surface area contributed by atoms with Crippen molar-refractivity contribution in [3.05, 3.63) is 40.9 Å². The number of methoxy groups -OCH3 is 1. The average Bonchev–Trinajstić information content (AvgIpc) is 2.87. The van der Waals surface area contributed by atoms with Crippen molar-refractivity contribution in [3.63, 3.8) is 0 Å². The van der Waals surface area contributed by atoms with Gasteiger partial charge in [0.25, 0.3) is 5.56 Å². The number of benzene rings is 1. The number of aromatic nitrogens is 2. The molecule has 3 heterocycles. The first kappa shape index (κ1) is 24.9. The number of hydrogen-bond donors (Lipinski definition) is 0. The van der Waals surface area contributed by atoms with Gasteiger partial charge < -0.3 is 14.5 Å². The van der Waals surface area contributed by atoms with Crippen LogP contribution in [0.2, 0.25) is 0 Å². The fraction of sp³-hybridized carbons (Fsp3) is 0.667. The smallest absolute Gasteiger partial charge is 0.261 e. The number of fused-ring (bicyclic) bond motifs is 2. The van der Waals surface area contributed by atoms with Crippen LogP contribution in [0.25, 0.3) is 10.9 Å². The average molecular weight is 469 g/mol. The van der Waals surface area contributed by atoms with Gasteiger partial charge in [0.2, 0.25) is 5.91 Å². The van der Waals surface area contributed by atoms with E-state index in [9.17, 15) is 9.59 Å².